The number of nitrogens with zero attached hydrogens (tertiary/aromatic N) is 1. The number of carboxylic acid groups (broad SMARTS) is 1. The van der Waals surface area contributed by atoms with E-state index in [1.165, 1.54) is 18.4 Å². The van der Waals surface area contributed by atoms with Crippen LogP contribution in [0.2, 0.25) is 0 Å². The van der Waals surface area contributed by atoms with Gasteiger partial charge in [0.25, 0.3) is 0 Å². The number of hydrogen-bond donors (Lipinski definition) is 3. The Bertz CT molecular complexity index is 949. The van der Waals surface area contributed by atoms with Crippen LogP contribution in [0.15, 0.2) is 12.1 Å². The smallest absolute Gasteiger partial charge is 0.304 e. The van der Waals surface area contributed by atoms with Crippen molar-refractivity contribution in [2.75, 3.05) is 20.2 Å². The molecule has 3 N–H and O–H groups in total. The van der Waals surface area contributed by atoms with Crippen LogP contribution in [0, 0.1) is 5.92 Å². The highest BCUT2D eigenvalue weighted by Crippen LogP contribution is 2.66. The maximum atomic E-state index is 11.3. The van der Waals surface area contributed by atoms with Gasteiger partial charge < -0.3 is 25.0 Å². The fourth-order valence-electron chi connectivity index (χ4n) is 7.73. The molecule has 3 aliphatic carbocycles. The molecule has 7 heteroatoms. The molecule has 1 aromatic rings. The van der Waals surface area contributed by atoms with Crippen LogP contribution in [0.25, 0.3) is 0 Å². The van der Waals surface area contributed by atoms with E-state index in [1.807, 2.05) is 14.0 Å². The molecule has 0 amide bonds. The van der Waals surface area contributed by atoms with Gasteiger partial charge in [0.05, 0.1) is 17.4 Å². The Kier molecular flexibility index (Phi) is 4.59. The van der Waals surface area contributed by atoms with Crippen molar-refractivity contribution >= 4 is 5.97 Å². The van der Waals surface area contributed by atoms with Crippen molar-refractivity contribution in [1.82, 2.24) is 10.2 Å². The molecule has 174 valence electrons. The third-order valence-electron chi connectivity index (χ3n) is 9.07. The highest BCUT2D eigenvalue weighted by atomic mass is 16.5. The van der Waals surface area contributed by atoms with Crippen LogP contribution in [0.3, 0.4) is 0 Å². The molecule has 0 aromatic heterocycles. The first-order valence-corrected chi connectivity index (χ1v) is 12.2. The molecule has 5 aliphatic rings. The number of aromatic hydroxyl groups is 1. The van der Waals surface area contributed by atoms with Gasteiger partial charge in [0.1, 0.15) is 6.10 Å². The summed E-state index contributed by atoms with van der Waals surface area (Å²) in [6, 6.07) is 4.02. The quantitative estimate of drug-likeness (QED) is 0.597. The minimum absolute atomic E-state index is 0.0148. The first-order chi connectivity index (χ1) is 15.4. The van der Waals surface area contributed by atoms with Crippen molar-refractivity contribution in [1.29, 1.82) is 0 Å². The van der Waals surface area contributed by atoms with Crippen LogP contribution in [0.4, 0.5) is 0 Å². The average molecular weight is 443 g/mol. The first-order valence-electron chi connectivity index (χ1n) is 12.2. The molecule has 2 heterocycles. The van der Waals surface area contributed by atoms with Crippen LogP contribution in [-0.2, 0) is 21.4 Å². The van der Waals surface area contributed by atoms with E-state index in [9.17, 15) is 15.0 Å². The number of likely N-dealkylation sites (tertiary alicyclic amines) is 1. The van der Waals surface area contributed by atoms with Crippen molar-refractivity contribution < 1.29 is 24.5 Å². The van der Waals surface area contributed by atoms with Crippen LogP contribution in [-0.4, -0.2) is 71.1 Å². The van der Waals surface area contributed by atoms with E-state index < -0.39 is 5.97 Å². The van der Waals surface area contributed by atoms with Gasteiger partial charge in [-0.3, -0.25) is 9.69 Å². The minimum Gasteiger partial charge on any atom is -0.504 e. The second kappa shape index (κ2) is 7.08. The van der Waals surface area contributed by atoms with E-state index in [0.717, 1.165) is 50.3 Å². The molecular formula is C25H34N2O5. The number of phenols is 1. The molecule has 3 fully saturated rings. The summed E-state index contributed by atoms with van der Waals surface area (Å²) >= 11 is 0. The van der Waals surface area contributed by atoms with E-state index in [1.54, 1.807) is 6.07 Å². The second-order valence-corrected chi connectivity index (χ2v) is 10.8. The van der Waals surface area contributed by atoms with Gasteiger partial charge in [0, 0.05) is 37.3 Å². The van der Waals surface area contributed by atoms with E-state index in [2.05, 4.69) is 16.3 Å². The van der Waals surface area contributed by atoms with Crippen molar-refractivity contribution in [3.8, 4) is 11.5 Å². The number of hydrogen-bond acceptors (Lipinski definition) is 6. The summed E-state index contributed by atoms with van der Waals surface area (Å²) in [4.78, 5) is 14.0. The summed E-state index contributed by atoms with van der Waals surface area (Å²) in [5, 5.41) is 23.6. The van der Waals surface area contributed by atoms with Gasteiger partial charge in [-0.1, -0.05) is 6.07 Å². The van der Waals surface area contributed by atoms with Gasteiger partial charge in [0.2, 0.25) is 0 Å². The number of carboxylic acids is 1. The molecule has 32 heavy (non-hydrogen) atoms. The summed E-state index contributed by atoms with van der Waals surface area (Å²) in [7, 11) is 1.86. The molecule has 7 nitrogen and oxygen atoms in total. The summed E-state index contributed by atoms with van der Waals surface area (Å²) in [5.41, 5.74) is 1.75. The molecule has 0 radical (unpaired) electrons. The number of rotatable bonds is 7. The number of carbonyl (C=O) groups is 1. The van der Waals surface area contributed by atoms with E-state index in [4.69, 9.17) is 9.47 Å². The van der Waals surface area contributed by atoms with Crippen LogP contribution in [0.5, 0.6) is 11.5 Å². The third kappa shape index (κ3) is 2.68. The zero-order valence-corrected chi connectivity index (χ0v) is 19.0. The van der Waals surface area contributed by atoms with Crippen LogP contribution < -0.4 is 10.1 Å². The van der Waals surface area contributed by atoms with Crippen molar-refractivity contribution in [2.24, 2.45) is 5.92 Å². The van der Waals surface area contributed by atoms with Crippen LogP contribution in [0.1, 0.15) is 56.6 Å². The van der Waals surface area contributed by atoms with Gasteiger partial charge >= 0.3 is 5.97 Å². The predicted molar refractivity (Wildman–Crippen MR) is 118 cm³/mol. The summed E-state index contributed by atoms with van der Waals surface area (Å²) in [6.45, 7) is 4.09. The predicted octanol–water partition coefficient (Wildman–Crippen LogP) is 2.43. The number of piperidine rings is 1. The molecule has 1 aromatic carbocycles. The van der Waals surface area contributed by atoms with E-state index in [-0.39, 0.29) is 41.4 Å². The molecule has 6 atom stereocenters. The normalized spacial score (nSPS) is 38.1. The lowest BCUT2D eigenvalue weighted by Crippen LogP contribution is -2.78. The first kappa shape index (κ1) is 20.8. The summed E-state index contributed by atoms with van der Waals surface area (Å²) in [5.74, 6) is 0.850. The van der Waals surface area contributed by atoms with Gasteiger partial charge in [0.15, 0.2) is 11.5 Å². The number of ether oxygens (including phenoxy) is 2. The molecule has 6 rings (SSSR count). The zero-order valence-electron chi connectivity index (χ0n) is 19.0. The Morgan fingerprint density at radius 2 is 2.16 bits per heavy atom. The Labute approximate surface area is 189 Å². The Morgan fingerprint density at radius 3 is 2.88 bits per heavy atom. The summed E-state index contributed by atoms with van der Waals surface area (Å²) < 4.78 is 13.2. The maximum absolute atomic E-state index is 11.3. The van der Waals surface area contributed by atoms with Crippen molar-refractivity contribution in [3.63, 3.8) is 0 Å². The summed E-state index contributed by atoms with van der Waals surface area (Å²) in [6.07, 6.45) is 6.19. The second-order valence-electron chi connectivity index (χ2n) is 10.8. The number of nitrogens with one attached hydrogen (secondary N) is 1. The zero-order chi connectivity index (χ0) is 22.3. The lowest BCUT2D eigenvalue weighted by atomic mass is 9.48. The highest BCUT2D eigenvalue weighted by Gasteiger charge is 2.73. The Hall–Kier alpha value is -1.83. The lowest BCUT2D eigenvalue weighted by molar-refractivity contribution is -0.208. The molecule has 1 saturated heterocycles. The van der Waals surface area contributed by atoms with Gasteiger partial charge in [-0.05, 0) is 69.5 Å². The Morgan fingerprint density at radius 1 is 1.34 bits per heavy atom. The maximum Gasteiger partial charge on any atom is 0.304 e. The molecule has 2 saturated carbocycles. The number of phenolic OH excluding ortho intramolecular Hbond substituents is 1. The lowest BCUT2D eigenvalue weighted by Gasteiger charge is -2.66. The van der Waals surface area contributed by atoms with E-state index >= 15 is 0 Å². The van der Waals surface area contributed by atoms with Crippen LogP contribution >= 0.6 is 0 Å². The number of methoxy groups -OCH3 is 1. The molecule has 2 bridgehead atoms. The monoisotopic (exact) mass is 442 g/mol. The molecule has 2 aliphatic heterocycles. The topological polar surface area (TPSA) is 91.3 Å². The molecule has 1 spiro atoms. The number of benzene rings is 1. The minimum atomic E-state index is -0.799. The van der Waals surface area contributed by atoms with Gasteiger partial charge in [-0.2, -0.15) is 0 Å². The third-order valence-corrected chi connectivity index (χ3v) is 9.07. The average Bonchev–Trinajstić information content (AvgIpc) is 3.49. The van der Waals surface area contributed by atoms with E-state index in [0.29, 0.717) is 11.8 Å². The molecule has 1 unspecified atom stereocenters. The SMILES string of the molecule is CO[C@@]12CC[C@@H](NC(C)CC(=O)O)[C@@H]3Oc4c(O)ccc5c4[C@@]31CCN(CC1CC1)[C@@H]2C5. The van der Waals surface area contributed by atoms with Gasteiger partial charge in [-0.25, -0.2) is 0 Å². The fraction of sp³-hybridized carbons (Fsp3) is 0.720. The number of aliphatic carboxylic acids is 1. The van der Waals surface area contributed by atoms with Crippen molar-refractivity contribution in [3.05, 3.63) is 23.3 Å². The largest absolute Gasteiger partial charge is 0.504 e. The molecular weight excluding hydrogens is 408 g/mol. The van der Waals surface area contributed by atoms with Gasteiger partial charge in [-0.15, -0.1) is 0 Å². The standard InChI is InChI=1S/C25H34N2O5/c1-14(11-20(29)30)26-17-7-8-25(31-2)19-12-16-5-6-18(28)22-21(16)24(25,23(17)32-22)9-10-27(19)13-15-3-4-15/h5-6,14-15,17,19,23,26,28H,3-4,7-13H2,1-2H3,(H,29,30)/t14?,17-,19-,23+,24+,25-/m1/s1. The van der Waals surface area contributed by atoms with Crippen molar-refractivity contribution in [2.45, 2.75) is 87.1 Å². The Balaban J connectivity index is 1.45. The highest BCUT2D eigenvalue weighted by molar-refractivity contribution is 5.67. The fourth-order valence-corrected chi connectivity index (χ4v) is 7.73.